The third-order valence-corrected chi connectivity index (χ3v) is 6.29. The first-order valence-corrected chi connectivity index (χ1v) is 11.0. The molecule has 1 aliphatic heterocycles. The molecular weight excluding hydrogens is 404 g/mol. The van der Waals surface area contributed by atoms with Gasteiger partial charge in [-0.1, -0.05) is 30.3 Å². The molecule has 1 aromatic carbocycles. The van der Waals surface area contributed by atoms with Gasteiger partial charge in [-0.3, -0.25) is 14.6 Å². The quantitative estimate of drug-likeness (QED) is 0.642. The minimum atomic E-state index is -0.582. The van der Waals surface area contributed by atoms with Crippen LogP contribution in [0.4, 0.5) is 0 Å². The predicted molar refractivity (Wildman–Crippen MR) is 121 cm³/mol. The summed E-state index contributed by atoms with van der Waals surface area (Å²) in [7, 11) is 0. The van der Waals surface area contributed by atoms with E-state index >= 15 is 0 Å². The molecule has 0 spiro atoms. The molecule has 166 valence electrons. The molecule has 32 heavy (non-hydrogen) atoms. The molecule has 7 nitrogen and oxygen atoms in total. The molecule has 0 bridgehead atoms. The third-order valence-electron chi connectivity index (χ3n) is 6.29. The van der Waals surface area contributed by atoms with Crippen molar-refractivity contribution in [1.82, 2.24) is 20.2 Å². The Kier molecular flexibility index (Phi) is 6.35. The Balaban J connectivity index is 1.59. The van der Waals surface area contributed by atoms with E-state index in [-0.39, 0.29) is 17.6 Å². The van der Waals surface area contributed by atoms with Crippen molar-refractivity contribution in [3.8, 4) is 11.1 Å². The first-order valence-electron chi connectivity index (χ1n) is 11.0. The van der Waals surface area contributed by atoms with E-state index in [1.165, 1.54) is 6.39 Å². The van der Waals surface area contributed by atoms with Gasteiger partial charge in [0, 0.05) is 37.6 Å². The number of aromatic nitrogens is 2. The van der Waals surface area contributed by atoms with E-state index in [1.54, 1.807) is 18.0 Å². The summed E-state index contributed by atoms with van der Waals surface area (Å²) in [5.41, 5.74) is 3.22. The second-order valence-corrected chi connectivity index (χ2v) is 8.27. The summed E-state index contributed by atoms with van der Waals surface area (Å²) in [4.78, 5) is 36.2. The monoisotopic (exact) mass is 432 g/mol. The number of likely N-dealkylation sites (tertiary alicyclic amines) is 1. The van der Waals surface area contributed by atoms with E-state index in [0.29, 0.717) is 44.6 Å². The van der Waals surface area contributed by atoms with Crippen molar-refractivity contribution >= 4 is 11.8 Å². The van der Waals surface area contributed by atoms with Crippen molar-refractivity contribution in [2.45, 2.75) is 33.1 Å². The van der Waals surface area contributed by atoms with Crippen molar-refractivity contribution in [3.63, 3.8) is 0 Å². The minimum Gasteiger partial charge on any atom is -0.438 e. The lowest BCUT2D eigenvalue weighted by molar-refractivity contribution is -0.133. The van der Waals surface area contributed by atoms with Gasteiger partial charge in [0.15, 0.2) is 6.39 Å². The summed E-state index contributed by atoms with van der Waals surface area (Å²) in [6, 6.07) is 12.1. The lowest BCUT2D eigenvalue weighted by atomic mass is 9.72. The Morgan fingerprint density at radius 1 is 1.16 bits per heavy atom. The number of hydrogen-bond donors (Lipinski definition) is 1. The maximum absolute atomic E-state index is 13.3. The van der Waals surface area contributed by atoms with Gasteiger partial charge in [-0.2, -0.15) is 0 Å². The molecule has 4 rings (SSSR count). The summed E-state index contributed by atoms with van der Waals surface area (Å²) in [6.07, 6.45) is 6.66. The molecule has 0 saturated carbocycles. The molecular formula is C25H28N4O3. The van der Waals surface area contributed by atoms with Crippen LogP contribution in [0.25, 0.3) is 11.1 Å². The number of rotatable bonds is 6. The highest BCUT2D eigenvalue weighted by Gasteiger charge is 2.43. The fourth-order valence-electron chi connectivity index (χ4n) is 4.46. The first-order chi connectivity index (χ1) is 15.5. The molecule has 1 aliphatic rings. The van der Waals surface area contributed by atoms with Gasteiger partial charge in [0.05, 0.1) is 11.1 Å². The Hall–Kier alpha value is -3.48. The number of carbonyl (C=O) groups excluding carboxylic acids is 2. The zero-order chi connectivity index (χ0) is 22.6. The van der Waals surface area contributed by atoms with Crippen LogP contribution in [0.3, 0.4) is 0 Å². The van der Waals surface area contributed by atoms with Crippen molar-refractivity contribution < 1.29 is 14.0 Å². The SMILES string of the molecule is CCNC(=O)C1(Cc2ccccc2-c2cccnc2)CCN(C(=O)c2ocnc2C)CC1. The fourth-order valence-corrected chi connectivity index (χ4v) is 4.46. The zero-order valence-corrected chi connectivity index (χ0v) is 18.5. The van der Waals surface area contributed by atoms with Crippen molar-refractivity contribution in [3.05, 3.63) is 72.2 Å². The smallest absolute Gasteiger partial charge is 0.291 e. The number of aryl methyl sites for hydroxylation is 1. The number of oxazole rings is 1. The second-order valence-electron chi connectivity index (χ2n) is 8.27. The molecule has 2 aromatic heterocycles. The number of hydrogen-bond acceptors (Lipinski definition) is 5. The van der Waals surface area contributed by atoms with Gasteiger partial charge < -0.3 is 14.6 Å². The Morgan fingerprint density at radius 2 is 1.94 bits per heavy atom. The van der Waals surface area contributed by atoms with E-state index in [9.17, 15) is 9.59 Å². The Morgan fingerprint density at radius 3 is 2.59 bits per heavy atom. The third kappa shape index (κ3) is 4.28. The van der Waals surface area contributed by atoms with Crippen LogP contribution < -0.4 is 5.32 Å². The van der Waals surface area contributed by atoms with Crippen LogP contribution in [0, 0.1) is 12.3 Å². The average molecular weight is 433 g/mol. The molecule has 0 aliphatic carbocycles. The molecule has 3 aromatic rings. The van der Waals surface area contributed by atoms with Crippen LogP contribution in [-0.2, 0) is 11.2 Å². The lowest BCUT2D eigenvalue weighted by Crippen LogP contribution is -2.51. The topological polar surface area (TPSA) is 88.3 Å². The Labute approximate surface area is 187 Å². The van der Waals surface area contributed by atoms with Crippen LogP contribution in [0.15, 0.2) is 59.6 Å². The van der Waals surface area contributed by atoms with Gasteiger partial charge in [0.2, 0.25) is 11.7 Å². The second kappa shape index (κ2) is 9.34. The van der Waals surface area contributed by atoms with Crippen molar-refractivity contribution in [1.29, 1.82) is 0 Å². The maximum atomic E-state index is 13.3. The van der Waals surface area contributed by atoms with Gasteiger partial charge in [-0.05, 0) is 50.3 Å². The summed E-state index contributed by atoms with van der Waals surface area (Å²) in [5, 5.41) is 3.03. The standard InChI is InChI=1S/C25H28N4O3/c1-3-27-24(31)25(10-13-29(14-11-25)23(30)22-18(2)28-17-32-22)15-19-7-4-5-9-21(19)20-8-6-12-26-16-20/h4-9,12,16-17H,3,10-11,13-15H2,1-2H3,(H,27,31). The molecule has 7 heteroatoms. The van der Waals surface area contributed by atoms with E-state index in [1.807, 2.05) is 37.4 Å². The van der Waals surface area contributed by atoms with Crippen molar-refractivity contribution in [2.75, 3.05) is 19.6 Å². The summed E-state index contributed by atoms with van der Waals surface area (Å²) < 4.78 is 5.29. The zero-order valence-electron chi connectivity index (χ0n) is 18.5. The Bertz CT molecular complexity index is 1090. The van der Waals surface area contributed by atoms with Crippen LogP contribution in [0.5, 0.6) is 0 Å². The molecule has 0 radical (unpaired) electrons. The van der Waals surface area contributed by atoms with Gasteiger partial charge in [-0.15, -0.1) is 0 Å². The molecule has 2 amide bonds. The van der Waals surface area contributed by atoms with E-state index < -0.39 is 5.41 Å². The number of carbonyl (C=O) groups is 2. The van der Waals surface area contributed by atoms with E-state index in [0.717, 1.165) is 16.7 Å². The van der Waals surface area contributed by atoms with Gasteiger partial charge in [-0.25, -0.2) is 4.98 Å². The number of benzene rings is 1. The first kappa shape index (κ1) is 21.7. The highest BCUT2D eigenvalue weighted by molar-refractivity contribution is 5.93. The average Bonchev–Trinajstić information content (AvgIpc) is 3.26. The number of nitrogens with zero attached hydrogens (tertiary/aromatic N) is 3. The predicted octanol–water partition coefficient (Wildman–Crippen LogP) is 3.65. The van der Waals surface area contributed by atoms with Crippen LogP contribution in [0.1, 0.15) is 41.6 Å². The summed E-state index contributed by atoms with van der Waals surface area (Å²) >= 11 is 0. The summed E-state index contributed by atoms with van der Waals surface area (Å²) in [5.74, 6) is 0.154. The van der Waals surface area contributed by atoms with E-state index in [4.69, 9.17) is 4.42 Å². The lowest BCUT2D eigenvalue weighted by Gasteiger charge is -2.41. The number of amides is 2. The maximum Gasteiger partial charge on any atom is 0.291 e. The van der Waals surface area contributed by atoms with Gasteiger partial charge in [0.25, 0.3) is 5.91 Å². The van der Waals surface area contributed by atoms with Crippen LogP contribution in [-0.4, -0.2) is 46.3 Å². The number of nitrogens with one attached hydrogen (secondary N) is 1. The number of pyridine rings is 1. The fraction of sp³-hybridized carbons (Fsp3) is 0.360. The molecule has 1 fully saturated rings. The van der Waals surface area contributed by atoms with Crippen LogP contribution >= 0.6 is 0 Å². The van der Waals surface area contributed by atoms with Gasteiger partial charge >= 0.3 is 0 Å². The highest BCUT2D eigenvalue weighted by Crippen LogP contribution is 2.38. The molecule has 1 saturated heterocycles. The largest absolute Gasteiger partial charge is 0.438 e. The van der Waals surface area contributed by atoms with E-state index in [2.05, 4.69) is 27.4 Å². The normalized spacial score (nSPS) is 15.4. The molecule has 0 unspecified atom stereocenters. The summed E-state index contributed by atoms with van der Waals surface area (Å²) in [6.45, 7) is 5.25. The minimum absolute atomic E-state index is 0.0453. The molecule has 1 N–H and O–H groups in total. The molecule has 3 heterocycles. The number of piperidine rings is 1. The van der Waals surface area contributed by atoms with Crippen LogP contribution in [0.2, 0.25) is 0 Å². The highest BCUT2D eigenvalue weighted by atomic mass is 16.3. The van der Waals surface area contributed by atoms with Crippen molar-refractivity contribution in [2.24, 2.45) is 5.41 Å². The van der Waals surface area contributed by atoms with Gasteiger partial charge in [0.1, 0.15) is 0 Å². The molecule has 0 atom stereocenters.